The smallest absolute Gasteiger partial charge is 0.123 e. The summed E-state index contributed by atoms with van der Waals surface area (Å²) in [5.41, 5.74) is 6.84. The Morgan fingerprint density at radius 3 is 2.75 bits per heavy atom. The lowest BCUT2D eigenvalue weighted by molar-refractivity contribution is 0.318. The van der Waals surface area contributed by atoms with Crippen molar-refractivity contribution in [3.8, 4) is 11.5 Å². The highest BCUT2D eigenvalue weighted by molar-refractivity contribution is 7.11. The van der Waals surface area contributed by atoms with Gasteiger partial charge in [0.2, 0.25) is 0 Å². The average molecular weight is 292 g/mol. The number of aromatic nitrogens is 1. The number of ether oxygens (including phenoxy) is 2. The van der Waals surface area contributed by atoms with Crippen LogP contribution in [0, 0.1) is 0 Å². The summed E-state index contributed by atoms with van der Waals surface area (Å²) >= 11 is 1.69. The van der Waals surface area contributed by atoms with Gasteiger partial charge in [-0.25, -0.2) is 4.98 Å². The molecular formula is C15H20N2O2S. The zero-order chi connectivity index (χ0) is 14.4. The Bertz CT molecular complexity index is 533. The largest absolute Gasteiger partial charge is 0.497 e. The molecule has 4 nitrogen and oxygen atoms in total. The van der Waals surface area contributed by atoms with Crippen molar-refractivity contribution < 1.29 is 9.47 Å². The minimum Gasteiger partial charge on any atom is -0.497 e. The third kappa shape index (κ3) is 3.71. The van der Waals surface area contributed by atoms with Crippen molar-refractivity contribution in [3.05, 3.63) is 39.8 Å². The van der Waals surface area contributed by atoms with Crippen molar-refractivity contribution in [1.29, 1.82) is 0 Å². The molecule has 5 heteroatoms. The van der Waals surface area contributed by atoms with Crippen molar-refractivity contribution in [2.24, 2.45) is 5.73 Å². The molecule has 0 fully saturated rings. The first kappa shape index (κ1) is 14.8. The molecule has 0 aliphatic heterocycles. The van der Waals surface area contributed by atoms with Gasteiger partial charge in [-0.3, -0.25) is 0 Å². The highest BCUT2D eigenvalue weighted by Crippen LogP contribution is 2.21. The zero-order valence-corrected chi connectivity index (χ0v) is 12.7. The maximum absolute atomic E-state index is 5.72. The quantitative estimate of drug-likeness (QED) is 0.852. The Kier molecular flexibility index (Phi) is 5.38. The Morgan fingerprint density at radius 1 is 1.30 bits per heavy atom. The van der Waals surface area contributed by atoms with Crippen LogP contribution in [0.3, 0.4) is 0 Å². The second-order valence-corrected chi connectivity index (χ2v) is 5.48. The maximum Gasteiger partial charge on any atom is 0.123 e. The summed E-state index contributed by atoms with van der Waals surface area (Å²) in [6.45, 7) is 3.27. The van der Waals surface area contributed by atoms with Crippen molar-refractivity contribution in [1.82, 2.24) is 4.98 Å². The number of benzene rings is 1. The van der Waals surface area contributed by atoms with Gasteiger partial charge in [0.25, 0.3) is 0 Å². The summed E-state index contributed by atoms with van der Waals surface area (Å²) in [6.07, 6.45) is 1.73. The average Bonchev–Trinajstić information content (AvgIpc) is 2.90. The minimum atomic E-state index is 0.567. The topological polar surface area (TPSA) is 57.4 Å². The number of thiazole rings is 1. The molecule has 0 amide bonds. The van der Waals surface area contributed by atoms with Gasteiger partial charge < -0.3 is 15.2 Å². The van der Waals surface area contributed by atoms with Gasteiger partial charge in [0, 0.05) is 23.9 Å². The molecule has 2 N–H and O–H groups in total. The van der Waals surface area contributed by atoms with Crippen LogP contribution < -0.4 is 15.2 Å². The standard InChI is InChI=1S/C15H20N2O2S/c1-3-13-14(10-16)20-15(17-13)7-8-19-12-6-4-5-11(9-12)18-2/h4-6,9H,3,7-8,10,16H2,1-2H3. The molecule has 0 aliphatic rings. The van der Waals surface area contributed by atoms with E-state index in [1.54, 1.807) is 18.4 Å². The maximum atomic E-state index is 5.72. The number of nitrogens with two attached hydrogens (primary N) is 1. The number of aryl methyl sites for hydroxylation is 1. The number of nitrogens with zero attached hydrogens (tertiary/aromatic N) is 1. The molecule has 2 aromatic rings. The van der Waals surface area contributed by atoms with Crippen LogP contribution in [0.5, 0.6) is 11.5 Å². The van der Waals surface area contributed by atoms with E-state index in [0.717, 1.165) is 35.0 Å². The third-order valence-corrected chi connectivity index (χ3v) is 4.15. The van der Waals surface area contributed by atoms with E-state index in [9.17, 15) is 0 Å². The van der Waals surface area contributed by atoms with Gasteiger partial charge in [-0.05, 0) is 18.6 Å². The SMILES string of the molecule is CCc1nc(CCOc2cccc(OC)c2)sc1CN. The normalized spacial score (nSPS) is 10.6. The molecular weight excluding hydrogens is 272 g/mol. The molecule has 0 saturated heterocycles. The van der Waals surface area contributed by atoms with E-state index >= 15 is 0 Å². The summed E-state index contributed by atoms with van der Waals surface area (Å²) in [5.74, 6) is 1.62. The first-order chi connectivity index (χ1) is 9.76. The van der Waals surface area contributed by atoms with Crippen molar-refractivity contribution >= 4 is 11.3 Å². The van der Waals surface area contributed by atoms with Crippen LogP contribution >= 0.6 is 11.3 Å². The van der Waals surface area contributed by atoms with E-state index in [4.69, 9.17) is 15.2 Å². The van der Waals surface area contributed by atoms with Crippen molar-refractivity contribution in [3.63, 3.8) is 0 Å². The van der Waals surface area contributed by atoms with Gasteiger partial charge in [0.1, 0.15) is 11.5 Å². The molecule has 1 aromatic carbocycles. The molecule has 0 aliphatic carbocycles. The molecule has 108 valence electrons. The monoisotopic (exact) mass is 292 g/mol. The van der Waals surface area contributed by atoms with E-state index in [2.05, 4.69) is 11.9 Å². The molecule has 0 saturated carbocycles. The lowest BCUT2D eigenvalue weighted by Crippen LogP contribution is -2.01. The van der Waals surface area contributed by atoms with Gasteiger partial charge in [0.15, 0.2) is 0 Å². The van der Waals surface area contributed by atoms with Crippen molar-refractivity contribution in [2.75, 3.05) is 13.7 Å². The first-order valence-electron chi connectivity index (χ1n) is 6.71. The van der Waals surface area contributed by atoms with Crippen LogP contribution in [0.2, 0.25) is 0 Å². The van der Waals surface area contributed by atoms with Crippen LogP contribution in [0.4, 0.5) is 0 Å². The highest BCUT2D eigenvalue weighted by atomic mass is 32.1. The Hall–Kier alpha value is -1.59. The predicted molar refractivity (Wildman–Crippen MR) is 81.6 cm³/mol. The predicted octanol–water partition coefficient (Wildman–Crippen LogP) is 2.79. The van der Waals surface area contributed by atoms with E-state index < -0.39 is 0 Å². The fraction of sp³-hybridized carbons (Fsp3) is 0.400. The molecule has 1 heterocycles. The molecule has 0 atom stereocenters. The van der Waals surface area contributed by atoms with Gasteiger partial charge in [-0.1, -0.05) is 13.0 Å². The van der Waals surface area contributed by atoms with Crippen LogP contribution in [0.25, 0.3) is 0 Å². The number of methoxy groups -OCH3 is 1. The van der Waals surface area contributed by atoms with E-state index in [-0.39, 0.29) is 0 Å². The molecule has 20 heavy (non-hydrogen) atoms. The van der Waals surface area contributed by atoms with Gasteiger partial charge in [0.05, 0.1) is 24.4 Å². The van der Waals surface area contributed by atoms with Gasteiger partial charge in [-0.2, -0.15) is 0 Å². The summed E-state index contributed by atoms with van der Waals surface area (Å²) in [4.78, 5) is 5.78. The molecule has 2 rings (SSSR count). The van der Waals surface area contributed by atoms with Crippen LogP contribution in [0.15, 0.2) is 24.3 Å². The van der Waals surface area contributed by atoms with Crippen LogP contribution in [0.1, 0.15) is 22.5 Å². The minimum absolute atomic E-state index is 0.567. The van der Waals surface area contributed by atoms with E-state index in [0.29, 0.717) is 13.2 Å². The molecule has 1 aromatic heterocycles. The molecule has 0 unspecified atom stereocenters. The van der Waals surface area contributed by atoms with Crippen LogP contribution in [-0.4, -0.2) is 18.7 Å². The lowest BCUT2D eigenvalue weighted by Gasteiger charge is -2.06. The Balaban J connectivity index is 1.90. The molecule has 0 bridgehead atoms. The van der Waals surface area contributed by atoms with Crippen molar-refractivity contribution in [2.45, 2.75) is 26.3 Å². The second-order valence-electron chi connectivity index (χ2n) is 4.31. The van der Waals surface area contributed by atoms with Gasteiger partial charge >= 0.3 is 0 Å². The Morgan fingerprint density at radius 2 is 2.10 bits per heavy atom. The summed E-state index contributed by atoms with van der Waals surface area (Å²) in [7, 11) is 1.65. The van der Waals surface area contributed by atoms with E-state index in [1.807, 2.05) is 24.3 Å². The number of hydrogen-bond donors (Lipinski definition) is 1. The number of rotatable bonds is 7. The fourth-order valence-electron chi connectivity index (χ4n) is 1.93. The van der Waals surface area contributed by atoms with Gasteiger partial charge in [-0.15, -0.1) is 11.3 Å². The molecule has 0 spiro atoms. The zero-order valence-electron chi connectivity index (χ0n) is 11.9. The Labute approximate surface area is 123 Å². The second kappa shape index (κ2) is 7.26. The lowest BCUT2D eigenvalue weighted by atomic mass is 10.3. The highest BCUT2D eigenvalue weighted by Gasteiger charge is 2.08. The summed E-state index contributed by atoms with van der Waals surface area (Å²) in [5, 5.41) is 1.09. The first-order valence-corrected chi connectivity index (χ1v) is 7.52. The number of hydrogen-bond acceptors (Lipinski definition) is 5. The van der Waals surface area contributed by atoms with Crippen LogP contribution in [-0.2, 0) is 19.4 Å². The molecule has 0 radical (unpaired) electrons. The fourth-order valence-corrected chi connectivity index (χ4v) is 2.94. The summed E-state index contributed by atoms with van der Waals surface area (Å²) in [6, 6.07) is 7.62. The summed E-state index contributed by atoms with van der Waals surface area (Å²) < 4.78 is 10.9. The van der Waals surface area contributed by atoms with E-state index in [1.165, 1.54) is 4.88 Å². The third-order valence-electron chi connectivity index (χ3n) is 2.97.